The maximum atomic E-state index is 12.1. The van der Waals surface area contributed by atoms with Gasteiger partial charge >= 0.3 is 11.7 Å². The van der Waals surface area contributed by atoms with E-state index in [1.165, 1.54) is 9.13 Å². The molecule has 0 aliphatic rings. The molecule has 0 bridgehead atoms. The number of nitrogens with zero attached hydrogens (tertiary/aromatic N) is 2. The molecule has 5 nitrogen and oxygen atoms in total. The number of hydrogen-bond donors (Lipinski definition) is 1. The minimum atomic E-state index is -1.08. The lowest BCUT2D eigenvalue weighted by Gasteiger charge is -2.00. The maximum Gasteiger partial charge on any atom is 0.333 e. The highest BCUT2D eigenvalue weighted by molar-refractivity contribution is 6.31. The normalized spacial score (nSPS) is 10.8. The van der Waals surface area contributed by atoms with E-state index >= 15 is 0 Å². The van der Waals surface area contributed by atoms with Crippen molar-refractivity contribution in [3.8, 4) is 0 Å². The van der Waals surface area contributed by atoms with Crippen LogP contribution in [0.2, 0.25) is 5.02 Å². The summed E-state index contributed by atoms with van der Waals surface area (Å²) >= 11 is 5.89. The van der Waals surface area contributed by atoms with Gasteiger partial charge in [-0.05, 0) is 25.1 Å². The number of benzene rings is 1. The van der Waals surface area contributed by atoms with E-state index in [0.717, 1.165) is 0 Å². The van der Waals surface area contributed by atoms with Crippen molar-refractivity contribution in [2.45, 2.75) is 13.5 Å². The van der Waals surface area contributed by atoms with E-state index in [2.05, 4.69) is 6.58 Å². The van der Waals surface area contributed by atoms with Crippen LogP contribution in [0, 0.1) is 0 Å². The first-order valence-corrected chi connectivity index (χ1v) is 5.58. The Kier molecular flexibility index (Phi) is 3.00. The van der Waals surface area contributed by atoms with E-state index in [9.17, 15) is 9.59 Å². The number of halogens is 1. The summed E-state index contributed by atoms with van der Waals surface area (Å²) in [4.78, 5) is 22.9. The minimum Gasteiger partial charge on any atom is -0.480 e. The van der Waals surface area contributed by atoms with Crippen molar-refractivity contribution >= 4 is 34.3 Å². The standard InChI is InChI=1S/C12H11ClN2O3/c1-7(2)15-10-5-8(13)3-4-9(10)14(12(15)18)6-11(16)17/h3-5H,1,6H2,2H3,(H,16,17). The Morgan fingerprint density at radius 1 is 1.44 bits per heavy atom. The molecule has 18 heavy (non-hydrogen) atoms. The number of imidazole rings is 1. The topological polar surface area (TPSA) is 64.2 Å². The van der Waals surface area contributed by atoms with Crippen LogP contribution in [0.25, 0.3) is 16.7 Å². The molecular formula is C12H11ClN2O3. The third kappa shape index (κ3) is 1.93. The van der Waals surface area contributed by atoms with Gasteiger partial charge in [0.1, 0.15) is 6.54 Å². The number of carbonyl (C=O) groups is 1. The zero-order valence-electron chi connectivity index (χ0n) is 9.68. The number of allylic oxidation sites excluding steroid dienone is 1. The lowest BCUT2D eigenvalue weighted by atomic mass is 10.3. The van der Waals surface area contributed by atoms with Gasteiger partial charge in [0.05, 0.1) is 11.0 Å². The number of aromatic nitrogens is 2. The van der Waals surface area contributed by atoms with Crippen molar-refractivity contribution < 1.29 is 9.90 Å². The highest BCUT2D eigenvalue weighted by Gasteiger charge is 2.15. The first kappa shape index (κ1) is 12.4. The van der Waals surface area contributed by atoms with Crippen LogP contribution in [0.5, 0.6) is 0 Å². The molecule has 0 aliphatic heterocycles. The first-order valence-electron chi connectivity index (χ1n) is 5.20. The Balaban J connectivity index is 2.87. The third-order valence-electron chi connectivity index (χ3n) is 2.57. The summed E-state index contributed by atoms with van der Waals surface area (Å²) in [5.41, 5.74) is 1.16. The van der Waals surface area contributed by atoms with Crippen LogP contribution in [0.15, 0.2) is 29.6 Å². The van der Waals surface area contributed by atoms with Crippen LogP contribution >= 0.6 is 11.6 Å². The summed E-state index contributed by atoms with van der Waals surface area (Å²) < 4.78 is 2.53. The average Bonchev–Trinajstić information content (AvgIpc) is 2.50. The summed E-state index contributed by atoms with van der Waals surface area (Å²) in [6.45, 7) is 5.00. The fourth-order valence-corrected chi connectivity index (χ4v) is 2.05. The summed E-state index contributed by atoms with van der Waals surface area (Å²) in [5, 5.41) is 9.31. The average molecular weight is 267 g/mol. The summed E-state index contributed by atoms with van der Waals surface area (Å²) in [6.07, 6.45) is 0. The number of carboxylic acids is 1. The molecule has 0 fully saturated rings. The lowest BCUT2D eigenvalue weighted by molar-refractivity contribution is -0.137. The summed E-state index contributed by atoms with van der Waals surface area (Å²) in [6, 6.07) is 4.86. The van der Waals surface area contributed by atoms with Gasteiger partial charge < -0.3 is 5.11 Å². The minimum absolute atomic E-state index is 0.392. The third-order valence-corrected chi connectivity index (χ3v) is 2.80. The van der Waals surface area contributed by atoms with Gasteiger partial charge in [-0.2, -0.15) is 0 Å². The van der Waals surface area contributed by atoms with Crippen molar-refractivity contribution in [1.29, 1.82) is 0 Å². The molecule has 2 rings (SSSR count). The van der Waals surface area contributed by atoms with Gasteiger partial charge in [-0.15, -0.1) is 0 Å². The maximum absolute atomic E-state index is 12.1. The second-order valence-electron chi connectivity index (χ2n) is 3.97. The monoisotopic (exact) mass is 266 g/mol. The van der Waals surface area contributed by atoms with Crippen LogP contribution in [0.4, 0.5) is 0 Å². The molecule has 0 aliphatic carbocycles. The van der Waals surface area contributed by atoms with Crippen molar-refractivity contribution in [3.63, 3.8) is 0 Å². The molecule has 94 valence electrons. The Morgan fingerprint density at radius 2 is 2.11 bits per heavy atom. The van der Waals surface area contributed by atoms with Crippen LogP contribution in [0.3, 0.4) is 0 Å². The van der Waals surface area contributed by atoms with Crippen molar-refractivity contribution in [2.75, 3.05) is 0 Å². The fraction of sp³-hybridized carbons (Fsp3) is 0.167. The van der Waals surface area contributed by atoms with Gasteiger partial charge in [0.15, 0.2) is 0 Å². The second kappa shape index (κ2) is 4.34. The van der Waals surface area contributed by atoms with Crippen LogP contribution in [0.1, 0.15) is 6.92 Å². The Hall–Kier alpha value is -2.01. The predicted molar refractivity (Wildman–Crippen MR) is 69.8 cm³/mol. The van der Waals surface area contributed by atoms with Crippen LogP contribution in [-0.2, 0) is 11.3 Å². The van der Waals surface area contributed by atoms with E-state index in [-0.39, 0.29) is 0 Å². The Bertz CT molecular complexity index is 712. The van der Waals surface area contributed by atoms with Gasteiger partial charge in [0.2, 0.25) is 0 Å². The molecule has 0 saturated carbocycles. The van der Waals surface area contributed by atoms with Gasteiger partial charge in [0.25, 0.3) is 0 Å². The molecule has 2 aromatic rings. The van der Waals surface area contributed by atoms with E-state index in [1.54, 1.807) is 25.1 Å². The Labute approximate surface area is 108 Å². The molecule has 0 spiro atoms. The van der Waals surface area contributed by atoms with Gasteiger partial charge in [-0.1, -0.05) is 18.2 Å². The largest absolute Gasteiger partial charge is 0.480 e. The van der Waals surface area contributed by atoms with Crippen molar-refractivity contribution in [2.24, 2.45) is 0 Å². The first-order chi connectivity index (χ1) is 8.41. The van der Waals surface area contributed by atoms with Crippen molar-refractivity contribution in [3.05, 3.63) is 40.3 Å². The Morgan fingerprint density at radius 3 is 2.67 bits per heavy atom. The number of hydrogen-bond acceptors (Lipinski definition) is 2. The molecule has 0 unspecified atom stereocenters. The molecule has 0 atom stereocenters. The molecule has 6 heteroatoms. The molecule has 1 N–H and O–H groups in total. The molecule has 0 saturated heterocycles. The van der Waals surface area contributed by atoms with E-state index in [0.29, 0.717) is 21.8 Å². The van der Waals surface area contributed by atoms with Crippen LogP contribution in [-0.4, -0.2) is 20.2 Å². The smallest absolute Gasteiger partial charge is 0.333 e. The summed E-state index contributed by atoms with van der Waals surface area (Å²) in [5.74, 6) is -1.08. The van der Waals surface area contributed by atoms with Gasteiger partial charge in [0, 0.05) is 10.7 Å². The molecule has 0 amide bonds. The van der Waals surface area contributed by atoms with E-state index < -0.39 is 18.2 Å². The fourth-order valence-electron chi connectivity index (χ4n) is 1.89. The number of carboxylic acid groups (broad SMARTS) is 1. The number of fused-ring (bicyclic) bond motifs is 1. The van der Waals surface area contributed by atoms with Crippen molar-refractivity contribution in [1.82, 2.24) is 9.13 Å². The number of rotatable bonds is 3. The molecule has 1 heterocycles. The highest BCUT2D eigenvalue weighted by atomic mass is 35.5. The van der Waals surface area contributed by atoms with Crippen LogP contribution < -0.4 is 5.69 Å². The van der Waals surface area contributed by atoms with E-state index in [4.69, 9.17) is 16.7 Å². The zero-order valence-corrected chi connectivity index (χ0v) is 10.4. The predicted octanol–water partition coefficient (Wildman–Crippen LogP) is 2.03. The summed E-state index contributed by atoms with van der Waals surface area (Å²) in [7, 11) is 0. The van der Waals surface area contributed by atoms with E-state index in [1.807, 2.05) is 0 Å². The highest BCUT2D eigenvalue weighted by Crippen LogP contribution is 2.20. The van der Waals surface area contributed by atoms with Gasteiger partial charge in [-0.25, -0.2) is 4.79 Å². The zero-order chi connectivity index (χ0) is 13.4. The van der Waals surface area contributed by atoms with Gasteiger partial charge in [-0.3, -0.25) is 13.9 Å². The lowest BCUT2D eigenvalue weighted by Crippen LogP contribution is -2.26. The SMILES string of the molecule is C=C(C)n1c(=O)n(CC(=O)O)c2ccc(Cl)cc21. The molecular weight excluding hydrogens is 256 g/mol. The second-order valence-corrected chi connectivity index (χ2v) is 4.40. The number of aliphatic carboxylic acids is 1. The quantitative estimate of drug-likeness (QED) is 0.924. The molecule has 1 aromatic carbocycles. The molecule has 0 radical (unpaired) electrons. The molecule has 1 aromatic heterocycles.